The van der Waals surface area contributed by atoms with Crippen LogP contribution >= 0.6 is 0 Å². The van der Waals surface area contributed by atoms with Gasteiger partial charge in [-0.2, -0.15) is 26.3 Å². The molecule has 1 aliphatic rings. The van der Waals surface area contributed by atoms with Crippen LogP contribution in [0.5, 0.6) is 0 Å². The van der Waals surface area contributed by atoms with Gasteiger partial charge in [-0.15, -0.1) is 0 Å². The van der Waals surface area contributed by atoms with Crippen molar-refractivity contribution in [2.45, 2.75) is 70.1 Å². The summed E-state index contributed by atoms with van der Waals surface area (Å²) in [5, 5.41) is 0. The van der Waals surface area contributed by atoms with E-state index in [0.29, 0.717) is 19.4 Å². The molecule has 0 aromatic heterocycles. The van der Waals surface area contributed by atoms with Crippen molar-refractivity contribution in [1.82, 2.24) is 4.90 Å². The Labute approximate surface area is 163 Å². The molecule has 1 aromatic rings. The highest BCUT2D eigenvalue weighted by molar-refractivity contribution is 6.73. The lowest BCUT2D eigenvalue weighted by Gasteiger charge is -2.33. The molecule has 1 saturated heterocycles. The molecule has 2 rings (SSSR count). The summed E-state index contributed by atoms with van der Waals surface area (Å²) >= 11 is 0. The van der Waals surface area contributed by atoms with Gasteiger partial charge in [0.1, 0.15) is 0 Å². The topological polar surface area (TPSA) is 12.5 Å². The maximum absolute atomic E-state index is 13.2. The Morgan fingerprint density at radius 1 is 0.929 bits per heavy atom. The molecule has 1 aliphatic heterocycles. The quantitative estimate of drug-likeness (QED) is 0.349. The van der Waals surface area contributed by atoms with Gasteiger partial charge < -0.3 is 4.43 Å². The van der Waals surface area contributed by atoms with E-state index in [-0.39, 0.29) is 18.4 Å². The zero-order valence-corrected chi connectivity index (χ0v) is 17.4. The third kappa shape index (κ3) is 5.30. The summed E-state index contributed by atoms with van der Waals surface area (Å²) in [7, 11) is -1.90. The third-order valence-electron chi connectivity index (χ3n) is 5.83. The van der Waals surface area contributed by atoms with E-state index in [1.165, 1.54) is 0 Å². The van der Waals surface area contributed by atoms with E-state index in [0.717, 1.165) is 30.3 Å². The van der Waals surface area contributed by atoms with Crippen LogP contribution in [0.2, 0.25) is 18.1 Å². The van der Waals surface area contributed by atoms with Crippen molar-refractivity contribution in [2.24, 2.45) is 0 Å². The van der Waals surface area contributed by atoms with Crippen LogP contribution in [0.3, 0.4) is 0 Å². The Bertz CT molecular complexity index is 616. The average Bonchev–Trinajstić information content (AvgIpc) is 3.10. The van der Waals surface area contributed by atoms with Crippen molar-refractivity contribution in [2.75, 3.05) is 13.3 Å². The van der Waals surface area contributed by atoms with Crippen LogP contribution in [0.4, 0.5) is 26.3 Å². The second-order valence-electron chi connectivity index (χ2n) is 7.33. The van der Waals surface area contributed by atoms with Gasteiger partial charge in [-0.1, -0.05) is 20.8 Å². The van der Waals surface area contributed by atoms with Crippen LogP contribution in [0, 0.1) is 0 Å². The lowest BCUT2D eigenvalue weighted by atomic mass is 9.98. The van der Waals surface area contributed by atoms with E-state index in [1.807, 2.05) is 4.90 Å². The molecule has 0 bridgehead atoms. The van der Waals surface area contributed by atoms with Crippen LogP contribution < -0.4 is 0 Å². The SMILES string of the molecule is CC[Si](CC)(CC)OCN1CCCC1c1cc(C(F)(F)F)cc(C(F)(F)F)c1. The minimum absolute atomic E-state index is 0.0556. The van der Waals surface area contributed by atoms with Crippen LogP contribution in [0.25, 0.3) is 0 Å². The highest BCUT2D eigenvalue weighted by Gasteiger charge is 2.39. The first-order valence-corrected chi connectivity index (χ1v) is 12.2. The number of hydrogen-bond acceptors (Lipinski definition) is 2. The summed E-state index contributed by atoms with van der Waals surface area (Å²) < 4.78 is 85.2. The van der Waals surface area contributed by atoms with Gasteiger partial charge in [0.05, 0.1) is 17.9 Å². The molecule has 0 amide bonds. The van der Waals surface area contributed by atoms with Crippen molar-refractivity contribution in [3.8, 4) is 0 Å². The molecule has 160 valence electrons. The molecule has 1 aromatic carbocycles. The smallest absolute Gasteiger partial charge is 0.404 e. The molecule has 1 unspecified atom stereocenters. The molecule has 1 heterocycles. The van der Waals surface area contributed by atoms with Gasteiger partial charge in [0, 0.05) is 12.6 Å². The van der Waals surface area contributed by atoms with E-state index >= 15 is 0 Å². The fourth-order valence-corrected chi connectivity index (χ4v) is 6.36. The van der Waals surface area contributed by atoms with Crippen molar-refractivity contribution in [1.29, 1.82) is 0 Å². The summed E-state index contributed by atoms with van der Waals surface area (Å²) in [4.78, 5) is 1.87. The number of hydrogen-bond donors (Lipinski definition) is 0. The van der Waals surface area contributed by atoms with Crippen molar-refractivity contribution >= 4 is 8.32 Å². The number of likely N-dealkylation sites (tertiary alicyclic amines) is 1. The van der Waals surface area contributed by atoms with Gasteiger partial charge >= 0.3 is 12.4 Å². The van der Waals surface area contributed by atoms with Crippen molar-refractivity contribution < 1.29 is 30.8 Å². The predicted octanol–water partition coefficient (Wildman–Crippen LogP) is 6.84. The monoisotopic (exact) mass is 427 g/mol. The van der Waals surface area contributed by atoms with Gasteiger partial charge in [-0.3, -0.25) is 4.90 Å². The highest BCUT2D eigenvalue weighted by Crippen LogP contribution is 2.40. The average molecular weight is 428 g/mol. The second kappa shape index (κ2) is 8.75. The summed E-state index contributed by atoms with van der Waals surface area (Å²) in [5.41, 5.74) is -2.46. The molecule has 0 spiro atoms. The summed E-state index contributed by atoms with van der Waals surface area (Å²) in [6, 6.07) is 4.18. The van der Waals surface area contributed by atoms with Gasteiger partial charge in [0.2, 0.25) is 0 Å². The second-order valence-corrected chi connectivity index (χ2v) is 12.1. The minimum atomic E-state index is -4.83. The van der Waals surface area contributed by atoms with Gasteiger partial charge in [0.25, 0.3) is 0 Å². The first-order chi connectivity index (χ1) is 13.0. The Hall–Kier alpha value is -1.06. The number of alkyl halides is 6. The molecule has 9 heteroatoms. The molecule has 1 fully saturated rings. The van der Waals surface area contributed by atoms with Crippen LogP contribution in [0.1, 0.15) is 56.3 Å². The fourth-order valence-electron chi connectivity index (χ4n) is 3.81. The Balaban J connectivity index is 2.32. The molecule has 0 radical (unpaired) electrons. The summed E-state index contributed by atoms with van der Waals surface area (Å²) in [6.07, 6.45) is -8.43. The molecular weight excluding hydrogens is 400 g/mol. The first-order valence-electron chi connectivity index (χ1n) is 9.63. The van der Waals surface area contributed by atoms with E-state index < -0.39 is 37.8 Å². The van der Waals surface area contributed by atoms with Crippen molar-refractivity contribution in [3.63, 3.8) is 0 Å². The molecule has 0 saturated carbocycles. The zero-order valence-electron chi connectivity index (χ0n) is 16.4. The molecule has 2 nitrogen and oxygen atoms in total. The maximum Gasteiger partial charge on any atom is 0.416 e. The lowest BCUT2D eigenvalue weighted by molar-refractivity contribution is -0.143. The molecular formula is C19H27F6NOSi. The fraction of sp³-hybridized carbons (Fsp3) is 0.684. The van der Waals surface area contributed by atoms with E-state index in [2.05, 4.69) is 20.8 Å². The molecule has 0 aliphatic carbocycles. The minimum Gasteiger partial charge on any atom is -0.404 e. The van der Waals surface area contributed by atoms with Crippen LogP contribution in [-0.4, -0.2) is 26.5 Å². The van der Waals surface area contributed by atoms with Crippen molar-refractivity contribution in [3.05, 3.63) is 34.9 Å². The van der Waals surface area contributed by atoms with Crippen LogP contribution in [-0.2, 0) is 16.8 Å². The number of benzene rings is 1. The molecule has 28 heavy (non-hydrogen) atoms. The lowest BCUT2D eigenvalue weighted by Crippen LogP contribution is -2.40. The number of halogens is 6. The molecule has 0 N–H and O–H groups in total. The van der Waals surface area contributed by atoms with Gasteiger partial charge in [-0.25, -0.2) is 0 Å². The third-order valence-corrected chi connectivity index (χ3v) is 10.4. The number of nitrogens with zero attached hydrogens (tertiary/aromatic N) is 1. The van der Waals surface area contributed by atoms with E-state index in [9.17, 15) is 26.3 Å². The Morgan fingerprint density at radius 3 is 1.86 bits per heavy atom. The van der Waals surface area contributed by atoms with Crippen LogP contribution in [0.15, 0.2) is 18.2 Å². The Morgan fingerprint density at radius 2 is 1.43 bits per heavy atom. The van der Waals surface area contributed by atoms with E-state index in [1.54, 1.807) is 0 Å². The van der Waals surface area contributed by atoms with Gasteiger partial charge in [0.15, 0.2) is 8.32 Å². The molecule has 1 atom stereocenters. The van der Waals surface area contributed by atoms with E-state index in [4.69, 9.17) is 4.43 Å². The zero-order chi connectivity index (χ0) is 21.2. The summed E-state index contributed by atoms with van der Waals surface area (Å²) in [5.74, 6) is 0. The number of rotatable bonds is 7. The first kappa shape index (κ1) is 23.2. The largest absolute Gasteiger partial charge is 0.416 e. The standard InChI is InChI=1S/C19H27F6NOSi/c1-4-28(5-2,6-3)27-13-26-9-7-8-17(26)14-10-15(18(20,21)22)12-16(11-14)19(23,24)25/h10-12,17H,4-9,13H2,1-3H3. The normalized spacial score (nSPS) is 19.4. The van der Waals surface area contributed by atoms with Gasteiger partial charge in [-0.05, 0) is 54.7 Å². The summed E-state index contributed by atoms with van der Waals surface area (Å²) in [6.45, 7) is 7.07. The highest BCUT2D eigenvalue weighted by atomic mass is 28.4. The Kier molecular flexibility index (Phi) is 7.25. The maximum atomic E-state index is 13.2. The predicted molar refractivity (Wildman–Crippen MR) is 98.3 cm³/mol.